The second kappa shape index (κ2) is 8.90. The van der Waals surface area contributed by atoms with Gasteiger partial charge in [-0.05, 0) is 59.8 Å². The van der Waals surface area contributed by atoms with Gasteiger partial charge in [0, 0.05) is 18.7 Å². The van der Waals surface area contributed by atoms with Crippen molar-refractivity contribution in [3.63, 3.8) is 0 Å². The maximum atomic E-state index is 13.5. The van der Waals surface area contributed by atoms with Gasteiger partial charge in [-0.1, -0.05) is 6.07 Å². The van der Waals surface area contributed by atoms with Crippen LogP contribution in [0.4, 0.5) is 10.1 Å². The number of amides is 2. The van der Waals surface area contributed by atoms with Gasteiger partial charge in [0.25, 0.3) is 0 Å². The van der Waals surface area contributed by atoms with Crippen LogP contribution in [0.3, 0.4) is 0 Å². The normalized spacial score (nSPS) is 15.9. The Morgan fingerprint density at radius 1 is 1.23 bits per heavy atom. The fourth-order valence-electron chi connectivity index (χ4n) is 3.46. The van der Waals surface area contributed by atoms with Gasteiger partial charge in [0.1, 0.15) is 11.6 Å². The zero-order valence-electron chi connectivity index (χ0n) is 16.9. The van der Waals surface area contributed by atoms with Gasteiger partial charge in [-0.3, -0.25) is 9.59 Å². The van der Waals surface area contributed by atoms with Gasteiger partial charge in [0.05, 0.1) is 24.8 Å². The van der Waals surface area contributed by atoms with Crippen LogP contribution in [0, 0.1) is 11.7 Å². The number of hydrogen-bond acceptors (Lipinski definition) is 6. The van der Waals surface area contributed by atoms with Crippen LogP contribution in [0.15, 0.2) is 48.5 Å². The lowest BCUT2D eigenvalue weighted by atomic mass is 10.1. The summed E-state index contributed by atoms with van der Waals surface area (Å²) >= 11 is 0. The Morgan fingerprint density at radius 3 is 2.77 bits per heavy atom. The third-order valence-electron chi connectivity index (χ3n) is 4.96. The van der Waals surface area contributed by atoms with Crippen LogP contribution in [0.25, 0.3) is 5.69 Å². The summed E-state index contributed by atoms with van der Waals surface area (Å²) in [5.41, 5.74) is 1.17. The lowest BCUT2D eigenvalue weighted by Crippen LogP contribution is -2.33. The van der Waals surface area contributed by atoms with E-state index < -0.39 is 11.7 Å². The largest absolute Gasteiger partial charge is 0.494 e. The minimum atomic E-state index is -0.488. The maximum absolute atomic E-state index is 13.5. The quantitative estimate of drug-likeness (QED) is 0.621. The van der Waals surface area contributed by atoms with E-state index in [1.54, 1.807) is 41.3 Å². The number of rotatable bonds is 7. The summed E-state index contributed by atoms with van der Waals surface area (Å²) in [4.78, 5) is 26.7. The number of tetrazole rings is 1. The molecular formula is C21H21FN6O3. The van der Waals surface area contributed by atoms with E-state index in [9.17, 15) is 14.0 Å². The first-order valence-electron chi connectivity index (χ1n) is 9.89. The predicted octanol–water partition coefficient (Wildman–Crippen LogP) is 1.87. The lowest BCUT2D eigenvalue weighted by molar-refractivity contribution is -0.126. The number of carbonyl (C=O) groups excluding carboxylic acids is 2. The highest BCUT2D eigenvalue weighted by Gasteiger charge is 2.35. The molecule has 0 aliphatic carbocycles. The van der Waals surface area contributed by atoms with Crippen molar-refractivity contribution in [3.05, 3.63) is 60.2 Å². The summed E-state index contributed by atoms with van der Waals surface area (Å²) in [7, 11) is 0. The fourth-order valence-corrected chi connectivity index (χ4v) is 3.46. The molecule has 1 saturated heterocycles. The smallest absolute Gasteiger partial charge is 0.227 e. The van der Waals surface area contributed by atoms with Gasteiger partial charge in [-0.25, -0.2) is 4.39 Å². The zero-order chi connectivity index (χ0) is 21.8. The van der Waals surface area contributed by atoms with E-state index in [1.807, 2.05) is 6.92 Å². The standard InChI is InChI=1S/C21H21FN6O3/c1-2-31-18-8-6-16(7-9-18)27-13-14(10-20(27)29)21(30)23-12-19-24-25-26-28(19)17-5-3-4-15(22)11-17/h3-9,11,14H,2,10,12-13H2,1H3,(H,23,30)/t14-/m0/s1. The van der Waals surface area contributed by atoms with E-state index in [-0.39, 0.29) is 31.3 Å². The molecule has 1 aromatic heterocycles. The third-order valence-corrected chi connectivity index (χ3v) is 4.96. The number of nitrogens with zero attached hydrogens (tertiary/aromatic N) is 5. The molecule has 0 unspecified atom stereocenters. The van der Waals surface area contributed by atoms with E-state index in [1.165, 1.54) is 16.8 Å². The van der Waals surface area contributed by atoms with Crippen LogP contribution < -0.4 is 15.0 Å². The number of ether oxygens (including phenoxy) is 1. The minimum absolute atomic E-state index is 0.0517. The third kappa shape index (κ3) is 4.52. The van der Waals surface area contributed by atoms with Gasteiger partial charge < -0.3 is 15.0 Å². The minimum Gasteiger partial charge on any atom is -0.494 e. The monoisotopic (exact) mass is 424 g/mol. The summed E-state index contributed by atoms with van der Waals surface area (Å²) < 4.78 is 20.3. The molecule has 160 valence electrons. The summed E-state index contributed by atoms with van der Waals surface area (Å²) in [5, 5.41) is 14.1. The van der Waals surface area contributed by atoms with Crippen LogP contribution in [0.2, 0.25) is 0 Å². The van der Waals surface area contributed by atoms with Crippen molar-refractivity contribution >= 4 is 17.5 Å². The first kappa shape index (κ1) is 20.5. The van der Waals surface area contributed by atoms with Gasteiger partial charge >= 0.3 is 0 Å². The topological polar surface area (TPSA) is 102 Å². The molecule has 10 heteroatoms. The average Bonchev–Trinajstić information content (AvgIpc) is 3.39. The molecule has 1 N–H and O–H groups in total. The number of halogens is 1. The molecule has 3 aromatic rings. The van der Waals surface area contributed by atoms with Gasteiger partial charge in [-0.2, -0.15) is 4.68 Å². The first-order chi connectivity index (χ1) is 15.0. The molecule has 2 heterocycles. The van der Waals surface area contributed by atoms with E-state index in [2.05, 4.69) is 20.8 Å². The number of benzene rings is 2. The number of anilines is 1. The van der Waals surface area contributed by atoms with Gasteiger partial charge in [0.15, 0.2) is 5.82 Å². The van der Waals surface area contributed by atoms with Crippen LogP contribution in [0.5, 0.6) is 5.75 Å². The highest BCUT2D eigenvalue weighted by Crippen LogP contribution is 2.27. The molecule has 31 heavy (non-hydrogen) atoms. The summed E-state index contributed by atoms with van der Waals surface area (Å²) in [6.45, 7) is 2.80. The second-order valence-electron chi connectivity index (χ2n) is 7.04. The first-order valence-corrected chi connectivity index (χ1v) is 9.89. The highest BCUT2D eigenvalue weighted by atomic mass is 19.1. The van der Waals surface area contributed by atoms with Crippen molar-refractivity contribution in [2.24, 2.45) is 5.92 Å². The number of carbonyl (C=O) groups is 2. The van der Waals surface area contributed by atoms with Crippen molar-refractivity contribution in [2.75, 3.05) is 18.1 Å². The fraction of sp³-hybridized carbons (Fsp3) is 0.286. The van der Waals surface area contributed by atoms with Crippen molar-refractivity contribution < 1.29 is 18.7 Å². The molecule has 1 atom stereocenters. The molecule has 4 rings (SSSR count). The Bertz CT molecular complexity index is 1080. The Morgan fingerprint density at radius 2 is 2.03 bits per heavy atom. The Kier molecular flexibility index (Phi) is 5.87. The zero-order valence-corrected chi connectivity index (χ0v) is 16.9. The Labute approximate surface area is 177 Å². The molecule has 2 aromatic carbocycles. The summed E-state index contributed by atoms with van der Waals surface area (Å²) in [6.07, 6.45) is 0.119. The number of nitrogens with one attached hydrogen (secondary N) is 1. The molecule has 2 amide bonds. The highest BCUT2D eigenvalue weighted by molar-refractivity contribution is 6.00. The lowest BCUT2D eigenvalue weighted by Gasteiger charge is -2.17. The van der Waals surface area contributed by atoms with Gasteiger partial charge in [0.2, 0.25) is 11.8 Å². The summed E-state index contributed by atoms with van der Waals surface area (Å²) in [6, 6.07) is 13.0. The van der Waals surface area contributed by atoms with E-state index in [4.69, 9.17) is 4.74 Å². The molecule has 1 fully saturated rings. The van der Waals surface area contributed by atoms with Crippen LogP contribution in [0.1, 0.15) is 19.2 Å². The van der Waals surface area contributed by atoms with Crippen molar-refractivity contribution in [1.82, 2.24) is 25.5 Å². The van der Waals surface area contributed by atoms with E-state index in [0.717, 1.165) is 11.4 Å². The second-order valence-corrected chi connectivity index (χ2v) is 7.04. The van der Waals surface area contributed by atoms with E-state index in [0.29, 0.717) is 18.1 Å². The summed E-state index contributed by atoms with van der Waals surface area (Å²) in [5.74, 6) is -0.210. The molecule has 9 nitrogen and oxygen atoms in total. The molecule has 0 bridgehead atoms. The molecule has 0 radical (unpaired) electrons. The van der Waals surface area contributed by atoms with Crippen LogP contribution >= 0.6 is 0 Å². The maximum Gasteiger partial charge on any atom is 0.227 e. The van der Waals surface area contributed by atoms with Crippen molar-refractivity contribution in [1.29, 1.82) is 0 Å². The molecule has 0 spiro atoms. The number of hydrogen-bond donors (Lipinski definition) is 1. The molecule has 1 aliphatic heterocycles. The van der Waals surface area contributed by atoms with Crippen molar-refractivity contribution in [2.45, 2.75) is 19.9 Å². The molecular weight excluding hydrogens is 403 g/mol. The number of aromatic nitrogens is 4. The van der Waals surface area contributed by atoms with Crippen LogP contribution in [-0.4, -0.2) is 45.2 Å². The molecule has 0 saturated carbocycles. The SMILES string of the molecule is CCOc1ccc(N2C[C@@H](C(=O)NCc3nnnn3-c3cccc(F)c3)CC2=O)cc1. The van der Waals surface area contributed by atoms with Crippen molar-refractivity contribution in [3.8, 4) is 11.4 Å². The molecule has 1 aliphatic rings. The van der Waals surface area contributed by atoms with Crippen LogP contribution in [-0.2, 0) is 16.1 Å². The predicted molar refractivity (Wildman–Crippen MR) is 109 cm³/mol. The van der Waals surface area contributed by atoms with E-state index >= 15 is 0 Å². The average molecular weight is 424 g/mol. The Hall–Kier alpha value is -3.82. The Balaban J connectivity index is 1.38. The van der Waals surface area contributed by atoms with Gasteiger partial charge in [-0.15, -0.1) is 5.10 Å².